The highest BCUT2D eigenvalue weighted by Crippen LogP contribution is 2.43. The number of hydrogen-bond acceptors (Lipinski definition) is 3. The third-order valence-corrected chi connectivity index (χ3v) is 7.67. The number of carbonyl (C=O) groups excluding carboxylic acids is 1. The number of hydrogen-bond donors (Lipinski definition) is 1. The number of nitrogens with zero attached hydrogens (tertiary/aromatic N) is 2. The van der Waals surface area contributed by atoms with Gasteiger partial charge >= 0.3 is 0 Å². The summed E-state index contributed by atoms with van der Waals surface area (Å²) in [4.78, 5) is 17.8. The zero-order valence-corrected chi connectivity index (χ0v) is 22.8. The van der Waals surface area contributed by atoms with E-state index in [9.17, 15) is 4.79 Å². The normalized spacial score (nSPS) is 16.8. The molecule has 0 saturated carbocycles. The number of rotatable bonds is 6. The Hall–Kier alpha value is -3.83. The van der Waals surface area contributed by atoms with Crippen LogP contribution in [0.25, 0.3) is 11.1 Å². The highest BCUT2D eigenvalue weighted by molar-refractivity contribution is 6.31. The van der Waals surface area contributed by atoms with Crippen molar-refractivity contribution in [1.29, 1.82) is 0 Å². The van der Waals surface area contributed by atoms with E-state index in [-0.39, 0.29) is 5.78 Å². The Bertz CT molecular complexity index is 1640. The molecule has 6 rings (SSSR count). The molecule has 0 amide bonds. The predicted molar refractivity (Wildman–Crippen MR) is 160 cm³/mol. The molecule has 5 aromatic rings. The average molecular weight is 571 g/mol. The minimum absolute atomic E-state index is 0.0479. The number of halogens is 3. The van der Waals surface area contributed by atoms with Crippen molar-refractivity contribution >= 4 is 52.0 Å². The molecule has 2 unspecified atom stereocenters. The molecule has 1 aliphatic heterocycles. The number of carbonyl (C=O) groups is 1. The van der Waals surface area contributed by atoms with Crippen LogP contribution in [-0.4, -0.2) is 16.5 Å². The van der Waals surface area contributed by atoms with Gasteiger partial charge in [-0.3, -0.25) is 9.80 Å². The molecule has 1 aromatic heterocycles. The van der Waals surface area contributed by atoms with Gasteiger partial charge in [-0.1, -0.05) is 89.4 Å². The summed E-state index contributed by atoms with van der Waals surface area (Å²) in [6.45, 7) is 0. The molecule has 4 nitrogen and oxygen atoms in total. The fourth-order valence-electron chi connectivity index (χ4n) is 5.05. The van der Waals surface area contributed by atoms with Crippen molar-refractivity contribution in [3.63, 3.8) is 0 Å². The van der Waals surface area contributed by atoms with Crippen LogP contribution in [0.1, 0.15) is 27.5 Å². The lowest BCUT2D eigenvalue weighted by atomic mass is 9.81. The number of H-pyrrole nitrogens is 1. The molecule has 0 aliphatic carbocycles. The molecular weight excluding hydrogens is 549 g/mol. The van der Waals surface area contributed by atoms with Crippen molar-refractivity contribution in [3.05, 3.63) is 147 Å². The summed E-state index contributed by atoms with van der Waals surface area (Å²) in [6.07, 6.45) is 3.60. The maximum absolute atomic E-state index is 14.6. The van der Waals surface area contributed by atoms with Crippen molar-refractivity contribution in [2.75, 3.05) is 5.01 Å². The first-order chi connectivity index (χ1) is 19.0. The molecule has 0 spiro atoms. The molecule has 2 atom stereocenters. The van der Waals surface area contributed by atoms with E-state index in [4.69, 9.17) is 39.9 Å². The fourth-order valence-corrected chi connectivity index (χ4v) is 5.43. The van der Waals surface area contributed by atoms with Crippen molar-refractivity contribution in [2.45, 2.75) is 6.04 Å². The van der Waals surface area contributed by atoms with E-state index in [2.05, 4.69) is 4.98 Å². The van der Waals surface area contributed by atoms with Gasteiger partial charge in [0.2, 0.25) is 0 Å². The molecular formula is C32H22Cl3N3O. The molecule has 0 saturated heterocycles. The number of Topliss-reactive ketones (excluding diaryl/α,β-unsaturated/α-hetero) is 1. The van der Waals surface area contributed by atoms with Gasteiger partial charge in [-0.25, -0.2) is 0 Å². The van der Waals surface area contributed by atoms with E-state index in [1.54, 1.807) is 6.20 Å². The second-order valence-corrected chi connectivity index (χ2v) is 10.6. The lowest BCUT2D eigenvalue weighted by Gasteiger charge is -2.28. The van der Waals surface area contributed by atoms with E-state index in [0.29, 0.717) is 26.3 Å². The Kier molecular flexibility index (Phi) is 7.01. The molecule has 0 bridgehead atoms. The van der Waals surface area contributed by atoms with Gasteiger partial charge in [-0.2, -0.15) is 5.10 Å². The minimum atomic E-state index is -0.616. The number of anilines is 1. The molecule has 1 N–H and O–H groups in total. The topological polar surface area (TPSA) is 48.5 Å². The van der Waals surface area contributed by atoms with Gasteiger partial charge in [0.05, 0.1) is 23.4 Å². The lowest BCUT2D eigenvalue weighted by molar-refractivity contribution is 0.0945. The molecule has 7 heteroatoms. The number of ketones is 1. The summed E-state index contributed by atoms with van der Waals surface area (Å²) < 4.78 is 0. The zero-order valence-electron chi connectivity index (χ0n) is 20.6. The van der Waals surface area contributed by atoms with E-state index in [0.717, 1.165) is 27.9 Å². The summed E-state index contributed by atoms with van der Waals surface area (Å²) >= 11 is 18.6. The quantitative estimate of drug-likeness (QED) is 0.207. The summed E-state index contributed by atoms with van der Waals surface area (Å²) in [5, 5.41) is 8.90. The predicted octanol–water partition coefficient (Wildman–Crippen LogP) is 9.11. The van der Waals surface area contributed by atoms with E-state index in [1.807, 2.05) is 114 Å². The van der Waals surface area contributed by atoms with Crippen LogP contribution < -0.4 is 5.01 Å². The summed E-state index contributed by atoms with van der Waals surface area (Å²) in [5.74, 6) is -0.664. The number of hydrazone groups is 1. The second kappa shape index (κ2) is 10.7. The van der Waals surface area contributed by atoms with E-state index < -0.39 is 12.0 Å². The van der Waals surface area contributed by atoms with Crippen LogP contribution >= 0.6 is 34.8 Å². The first-order valence-electron chi connectivity index (χ1n) is 12.4. The van der Waals surface area contributed by atoms with Gasteiger partial charge in [0.25, 0.3) is 0 Å². The standard InChI is InChI=1S/C32H22Cl3N3O/c33-23-12-6-20(7-13-23)27-18-36-19-28(27)32(39)29-30(21-8-14-24(34)15-9-21)37-38(26-4-2-1-3-5-26)31(29)22-10-16-25(35)17-11-22/h1-19,29,31,36H. The highest BCUT2D eigenvalue weighted by atomic mass is 35.5. The van der Waals surface area contributed by atoms with Crippen LogP contribution in [0.5, 0.6) is 0 Å². The van der Waals surface area contributed by atoms with Gasteiger partial charge in [-0.15, -0.1) is 0 Å². The van der Waals surface area contributed by atoms with Crippen molar-refractivity contribution < 1.29 is 4.79 Å². The van der Waals surface area contributed by atoms with Gasteiger partial charge in [0.1, 0.15) is 0 Å². The molecule has 2 heterocycles. The number of nitrogens with one attached hydrogen (secondary N) is 1. The van der Waals surface area contributed by atoms with Crippen LogP contribution in [0.15, 0.2) is 121 Å². The average Bonchev–Trinajstić information content (AvgIpc) is 3.61. The van der Waals surface area contributed by atoms with Crippen molar-refractivity contribution in [3.8, 4) is 11.1 Å². The maximum atomic E-state index is 14.6. The van der Waals surface area contributed by atoms with Crippen LogP contribution in [0.2, 0.25) is 15.1 Å². The van der Waals surface area contributed by atoms with Gasteiger partial charge in [0, 0.05) is 38.6 Å². The maximum Gasteiger partial charge on any atom is 0.176 e. The second-order valence-electron chi connectivity index (χ2n) is 9.30. The monoisotopic (exact) mass is 569 g/mol. The Morgan fingerprint density at radius 1 is 0.692 bits per heavy atom. The SMILES string of the molecule is O=C(c1c[nH]cc1-c1ccc(Cl)cc1)C1C(c2ccc(Cl)cc2)=NN(c2ccccc2)C1c1ccc(Cl)cc1. The molecule has 4 aromatic carbocycles. The Morgan fingerprint density at radius 3 is 1.87 bits per heavy atom. The fraction of sp³-hybridized carbons (Fsp3) is 0.0625. The summed E-state index contributed by atoms with van der Waals surface area (Å²) in [5.41, 5.74) is 5.60. The third kappa shape index (κ3) is 4.99. The Balaban J connectivity index is 1.53. The minimum Gasteiger partial charge on any atom is -0.366 e. The van der Waals surface area contributed by atoms with Gasteiger partial charge in [-0.05, 0) is 65.2 Å². The number of para-hydroxylation sites is 1. The van der Waals surface area contributed by atoms with Gasteiger partial charge < -0.3 is 4.98 Å². The van der Waals surface area contributed by atoms with Gasteiger partial charge in [0.15, 0.2) is 5.78 Å². The number of benzene rings is 4. The Labute approximate surface area is 241 Å². The smallest absolute Gasteiger partial charge is 0.176 e. The lowest BCUT2D eigenvalue weighted by Crippen LogP contribution is -2.32. The van der Waals surface area contributed by atoms with E-state index >= 15 is 0 Å². The molecule has 192 valence electrons. The molecule has 0 fully saturated rings. The van der Waals surface area contributed by atoms with Crippen LogP contribution in [0.3, 0.4) is 0 Å². The molecule has 0 radical (unpaired) electrons. The first kappa shape index (κ1) is 25.4. The zero-order chi connectivity index (χ0) is 26.9. The van der Waals surface area contributed by atoms with E-state index in [1.165, 1.54) is 0 Å². The number of aromatic nitrogens is 1. The third-order valence-electron chi connectivity index (χ3n) is 6.91. The Morgan fingerprint density at radius 2 is 1.26 bits per heavy atom. The van der Waals surface area contributed by atoms with Crippen LogP contribution in [0, 0.1) is 5.92 Å². The number of aromatic amines is 1. The van der Waals surface area contributed by atoms with Crippen molar-refractivity contribution in [1.82, 2.24) is 4.98 Å². The first-order valence-corrected chi connectivity index (χ1v) is 13.5. The highest BCUT2D eigenvalue weighted by Gasteiger charge is 2.45. The van der Waals surface area contributed by atoms with Crippen LogP contribution in [-0.2, 0) is 0 Å². The molecule has 39 heavy (non-hydrogen) atoms. The largest absolute Gasteiger partial charge is 0.366 e. The summed E-state index contributed by atoms with van der Waals surface area (Å²) in [6, 6.07) is 32.0. The van der Waals surface area contributed by atoms with Crippen molar-refractivity contribution in [2.24, 2.45) is 11.0 Å². The van der Waals surface area contributed by atoms with Crippen LogP contribution in [0.4, 0.5) is 5.69 Å². The molecule has 1 aliphatic rings. The summed E-state index contributed by atoms with van der Waals surface area (Å²) in [7, 11) is 0.